The minimum absolute atomic E-state index is 0.121. The lowest BCUT2D eigenvalue weighted by atomic mass is 9.83. The Kier molecular flexibility index (Phi) is 4.69. The first-order valence-electron chi connectivity index (χ1n) is 8.12. The van der Waals surface area contributed by atoms with Gasteiger partial charge in [-0.05, 0) is 49.8 Å². The van der Waals surface area contributed by atoms with E-state index < -0.39 is 11.6 Å². The highest BCUT2D eigenvalue weighted by Gasteiger charge is 2.24. The van der Waals surface area contributed by atoms with Gasteiger partial charge in [-0.25, -0.2) is 8.78 Å². The Bertz CT molecular complexity index is 494. The molecule has 2 aliphatic carbocycles. The normalized spacial score (nSPS) is 20.8. The average Bonchev–Trinajstić information content (AvgIpc) is 3.31. The molecule has 0 amide bonds. The van der Waals surface area contributed by atoms with Crippen LogP contribution in [0, 0.1) is 17.6 Å². The van der Waals surface area contributed by atoms with Gasteiger partial charge in [0.1, 0.15) is 11.6 Å². The van der Waals surface area contributed by atoms with E-state index in [0.717, 1.165) is 19.4 Å². The number of benzene rings is 1. The van der Waals surface area contributed by atoms with Crippen molar-refractivity contribution in [1.29, 1.82) is 0 Å². The fraction of sp³-hybridized carbons (Fsp3) is 0.556. The van der Waals surface area contributed by atoms with Crippen molar-refractivity contribution in [1.82, 2.24) is 5.32 Å². The first-order chi connectivity index (χ1) is 10.2. The number of nitrogens with one attached hydrogen (secondary N) is 1. The van der Waals surface area contributed by atoms with Crippen molar-refractivity contribution in [2.45, 2.75) is 51.0 Å². The fourth-order valence-corrected chi connectivity index (χ4v) is 3.17. The van der Waals surface area contributed by atoms with Gasteiger partial charge in [0.15, 0.2) is 0 Å². The first-order valence-corrected chi connectivity index (χ1v) is 8.12. The molecule has 0 aromatic heterocycles. The van der Waals surface area contributed by atoms with Crippen molar-refractivity contribution in [3.63, 3.8) is 0 Å². The number of hydrogen-bond acceptors (Lipinski definition) is 1. The van der Waals surface area contributed by atoms with Crippen LogP contribution in [0.2, 0.25) is 0 Å². The molecular formula is C18H23F2N. The quantitative estimate of drug-likeness (QED) is 0.830. The Morgan fingerprint density at radius 3 is 2.33 bits per heavy atom. The summed E-state index contributed by atoms with van der Waals surface area (Å²) in [5, 5.41) is 3.50. The zero-order valence-corrected chi connectivity index (χ0v) is 12.4. The molecule has 2 saturated carbocycles. The van der Waals surface area contributed by atoms with Crippen molar-refractivity contribution in [2.75, 3.05) is 6.54 Å². The van der Waals surface area contributed by atoms with Gasteiger partial charge in [-0.15, -0.1) is 0 Å². The zero-order chi connectivity index (χ0) is 14.7. The van der Waals surface area contributed by atoms with Crippen LogP contribution >= 0.6 is 0 Å². The Balaban J connectivity index is 1.82. The molecule has 2 aliphatic rings. The minimum atomic E-state index is -0.463. The molecule has 21 heavy (non-hydrogen) atoms. The smallest absolute Gasteiger partial charge is 0.133 e. The lowest BCUT2D eigenvalue weighted by Gasteiger charge is -2.25. The monoisotopic (exact) mass is 291 g/mol. The van der Waals surface area contributed by atoms with E-state index in [-0.39, 0.29) is 5.56 Å². The maximum absolute atomic E-state index is 13.9. The zero-order valence-electron chi connectivity index (χ0n) is 12.4. The maximum Gasteiger partial charge on any atom is 0.133 e. The molecule has 0 aliphatic heterocycles. The van der Waals surface area contributed by atoms with E-state index in [4.69, 9.17) is 0 Å². The lowest BCUT2D eigenvalue weighted by Crippen LogP contribution is -2.24. The van der Waals surface area contributed by atoms with E-state index >= 15 is 0 Å². The predicted octanol–water partition coefficient (Wildman–Crippen LogP) is 4.68. The summed E-state index contributed by atoms with van der Waals surface area (Å²) in [4.78, 5) is 0. The van der Waals surface area contributed by atoms with Crippen LogP contribution in [-0.4, -0.2) is 12.6 Å². The minimum Gasteiger partial charge on any atom is -0.310 e. The van der Waals surface area contributed by atoms with Gasteiger partial charge in [0, 0.05) is 18.2 Å². The van der Waals surface area contributed by atoms with Gasteiger partial charge in [-0.3, -0.25) is 0 Å². The largest absolute Gasteiger partial charge is 0.310 e. The molecule has 0 bridgehead atoms. The van der Waals surface area contributed by atoms with Crippen molar-refractivity contribution >= 4 is 6.08 Å². The van der Waals surface area contributed by atoms with Crippen LogP contribution in [0.1, 0.15) is 50.5 Å². The molecule has 0 saturated heterocycles. The highest BCUT2D eigenvalue weighted by molar-refractivity contribution is 5.55. The summed E-state index contributed by atoms with van der Waals surface area (Å²) >= 11 is 0. The molecule has 1 aromatic rings. The molecule has 0 radical (unpaired) electrons. The van der Waals surface area contributed by atoms with E-state index in [1.54, 1.807) is 6.08 Å². The van der Waals surface area contributed by atoms with Gasteiger partial charge < -0.3 is 5.32 Å². The van der Waals surface area contributed by atoms with Crippen molar-refractivity contribution in [3.8, 4) is 0 Å². The molecule has 3 rings (SSSR count). The predicted molar refractivity (Wildman–Crippen MR) is 81.9 cm³/mol. The topological polar surface area (TPSA) is 12.0 Å². The average molecular weight is 291 g/mol. The summed E-state index contributed by atoms with van der Waals surface area (Å²) in [6.07, 6.45) is 10.3. The third-order valence-electron chi connectivity index (χ3n) is 4.63. The van der Waals surface area contributed by atoms with Crippen LogP contribution in [0.15, 0.2) is 23.8 Å². The highest BCUT2D eigenvalue weighted by Crippen LogP contribution is 2.32. The van der Waals surface area contributed by atoms with Gasteiger partial charge >= 0.3 is 0 Å². The molecule has 2 fully saturated rings. The van der Waals surface area contributed by atoms with Crippen LogP contribution in [0.25, 0.3) is 6.08 Å². The Labute approximate surface area is 125 Å². The summed E-state index contributed by atoms with van der Waals surface area (Å²) in [6, 6.07) is 4.70. The molecule has 1 aromatic carbocycles. The SMILES string of the molecule is Fc1cccc(F)c1/C=C(/CNC1CC1)C1CCCCC1. The van der Waals surface area contributed by atoms with Crippen molar-refractivity contribution < 1.29 is 8.78 Å². The second kappa shape index (κ2) is 6.69. The van der Waals surface area contributed by atoms with Crippen LogP contribution < -0.4 is 5.32 Å². The molecule has 1 nitrogen and oxygen atoms in total. The van der Waals surface area contributed by atoms with E-state index in [9.17, 15) is 8.78 Å². The molecule has 0 heterocycles. The molecule has 0 unspecified atom stereocenters. The summed E-state index contributed by atoms with van der Waals surface area (Å²) in [5.74, 6) is -0.450. The second-order valence-corrected chi connectivity index (χ2v) is 6.34. The molecule has 0 spiro atoms. The third-order valence-corrected chi connectivity index (χ3v) is 4.63. The summed E-state index contributed by atoms with van der Waals surface area (Å²) < 4.78 is 27.8. The molecule has 3 heteroatoms. The first kappa shape index (κ1) is 14.7. The van der Waals surface area contributed by atoms with Gasteiger partial charge in [0.25, 0.3) is 0 Å². The Hall–Kier alpha value is -1.22. The van der Waals surface area contributed by atoms with Gasteiger partial charge in [-0.1, -0.05) is 30.9 Å². The molecule has 0 atom stereocenters. The van der Waals surface area contributed by atoms with Crippen molar-refractivity contribution in [3.05, 3.63) is 41.0 Å². The molecule has 1 N–H and O–H groups in total. The summed E-state index contributed by atoms with van der Waals surface area (Å²) in [7, 11) is 0. The fourth-order valence-electron chi connectivity index (χ4n) is 3.17. The van der Waals surface area contributed by atoms with Gasteiger partial charge in [0.05, 0.1) is 0 Å². The number of halogens is 2. The van der Waals surface area contributed by atoms with Gasteiger partial charge in [-0.2, -0.15) is 0 Å². The standard InChI is InChI=1S/C18H23F2N/c19-17-7-4-8-18(20)16(17)11-14(12-21-15-9-10-15)13-5-2-1-3-6-13/h4,7-8,11,13,15,21H,1-3,5-6,9-10,12H2/b14-11-. The molecule has 114 valence electrons. The van der Waals surface area contributed by atoms with E-state index in [1.807, 2.05) is 0 Å². The highest BCUT2D eigenvalue weighted by atomic mass is 19.1. The van der Waals surface area contributed by atoms with E-state index in [1.165, 1.54) is 55.9 Å². The van der Waals surface area contributed by atoms with E-state index in [0.29, 0.717) is 12.0 Å². The number of hydrogen-bond donors (Lipinski definition) is 1. The maximum atomic E-state index is 13.9. The Morgan fingerprint density at radius 2 is 1.71 bits per heavy atom. The molecular weight excluding hydrogens is 268 g/mol. The van der Waals surface area contributed by atoms with Crippen molar-refractivity contribution in [2.24, 2.45) is 5.92 Å². The van der Waals surface area contributed by atoms with E-state index in [2.05, 4.69) is 5.32 Å². The summed E-state index contributed by atoms with van der Waals surface area (Å²) in [6.45, 7) is 0.767. The van der Waals surface area contributed by atoms with Gasteiger partial charge in [0.2, 0.25) is 0 Å². The van der Waals surface area contributed by atoms with Crippen LogP contribution in [0.3, 0.4) is 0 Å². The number of rotatable bonds is 5. The summed E-state index contributed by atoms with van der Waals surface area (Å²) in [5.41, 5.74) is 1.29. The van der Waals surface area contributed by atoms with Crippen LogP contribution in [0.4, 0.5) is 8.78 Å². The van der Waals surface area contributed by atoms with Crippen LogP contribution in [-0.2, 0) is 0 Å². The Morgan fingerprint density at radius 1 is 1.05 bits per heavy atom. The van der Waals surface area contributed by atoms with Crippen LogP contribution in [0.5, 0.6) is 0 Å². The second-order valence-electron chi connectivity index (χ2n) is 6.34. The third kappa shape index (κ3) is 3.91. The lowest BCUT2D eigenvalue weighted by molar-refractivity contribution is 0.396.